The monoisotopic (exact) mass is 96.1 g/mol. The number of hydrogen-bond acceptors (Lipinski definition) is 2. The van der Waals surface area contributed by atoms with Crippen LogP contribution in [-0.4, -0.2) is 24.0 Å². The molecule has 0 aliphatic heterocycles. The van der Waals surface area contributed by atoms with Crippen molar-refractivity contribution >= 4 is 0 Å². The molecule has 0 spiro atoms. The number of nitrogens with two attached hydrogens (primary N) is 2. The third-order valence-corrected chi connectivity index (χ3v) is 0.167. The predicted molar refractivity (Wildman–Crippen MR) is 25.3 cm³/mol. The van der Waals surface area contributed by atoms with Gasteiger partial charge in [-0.3, -0.25) is 0 Å². The van der Waals surface area contributed by atoms with Crippen molar-refractivity contribution in [2.75, 3.05) is 13.1 Å². The van der Waals surface area contributed by atoms with Gasteiger partial charge in [0.25, 0.3) is 0 Å². The summed E-state index contributed by atoms with van der Waals surface area (Å²) < 4.78 is 0. The van der Waals surface area contributed by atoms with E-state index >= 15 is 0 Å². The van der Waals surface area contributed by atoms with Crippen LogP contribution in [0.3, 0.4) is 0 Å². The lowest BCUT2D eigenvalue weighted by Gasteiger charge is -1.72. The van der Waals surface area contributed by atoms with Crippen LogP contribution < -0.4 is 11.5 Å². The summed E-state index contributed by atoms with van der Waals surface area (Å²) in [6.07, 6.45) is 0. The van der Waals surface area contributed by atoms with Gasteiger partial charge in [0.15, 0.2) is 0 Å². The minimum atomic E-state index is 0. The second-order valence-corrected chi connectivity index (χ2v) is 0.577. The molecule has 0 aliphatic carbocycles. The van der Waals surface area contributed by atoms with Crippen molar-refractivity contribution in [3.63, 3.8) is 0 Å². The molecule has 0 fully saturated rings. The lowest BCUT2D eigenvalue weighted by atomic mass is 10.7. The average Bonchev–Trinajstić information content (AvgIpc) is 1.37. The van der Waals surface area contributed by atoms with Crippen LogP contribution in [0.25, 0.3) is 0 Å². The van der Waals surface area contributed by atoms with E-state index in [1.54, 1.807) is 0 Å². The highest BCUT2D eigenvalue weighted by molar-refractivity contribution is 4.26. The topological polar surface area (TPSA) is 115 Å². The molecule has 0 aromatic heterocycles. The van der Waals surface area contributed by atoms with E-state index in [-0.39, 0.29) is 11.0 Å². The molecular weight excluding hydrogens is 84.0 g/mol. The molecule has 4 nitrogen and oxygen atoms in total. The van der Waals surface area contributed by atoms with Crippen molar-refractivity contribution in [1.82, 2.24) is 0 Å². The molecule has 6 heavy (non-hydrogen) atoms. The Balaban J connectivity index is -0.0000000450. The van der Waals surface area contributed by atoms with Gasteiger partial charge in [0.05, 0.1) is 0 Å². The summed E-state index contributed by atoms with van der Waals surface area (Å²) in [5.74, 6) is 0. The van der Waals surface area contributed by atoms with Gasteiger partial charge in [-0.2, -0.15) is 0 Å². The van der Waals surface area contributed by atoms with Gasteiger partial charge in [0.2, 0.25) is 0 Å². The van der Waals surface area contributed by atoms with E-state index in [1.807, 2.05) is 0 Å². The maximum Gasteiger partial charge on any atom is 0.00461 e. The summed E-state index contributed by atoms with van der Waals surface area (Å²) in [6.45, 7) is 1.19. The van der Waals surface area contributed by atoms with Crippen LogP contribution in [0.15, 0.2) is 0 Å². The fourth-order valence-electron chi connectivity index (χ4n) is 0. The number of hydrogen-bond donors (Lipinski definition) is 2. The Labute approximate surface area is 36.7 Å². The Hall–Kier alpha value is -0.160. The zero-order chi connectivity index (χ0) is 3.41. The molecule has 0 aliphatic rings. The Bertz CT molecular complexity index is 11.5. The first-order valence-electron chi connectivity index (χ1n) is 1.32. The third kappa shape index (κ3) is 43.9. The van der Waals surface area contributed by atoms with Crippen LogP contribution in [0.4, 0.5) is 0 Å². The highest BCUT2D eigenvalue weighted by Crippen LogP contribution is 1.24. The zero-order valence-corrected chi connectivity index (χ0v) is 3.57. The largest absolute Gasteiger partial charge is 0.412 e. The van der Waals surface area contributed by atoms with E-state index in [4.69, 9.17) is 11.5 Å². The second-order valence-electron chi connectivity index (χ2n) is 0.577. The van der Waals surface area contributed by atoms with Crippen molar-refractivity contribution in [2.45, 2.75) is 0 Å². The van der Waals surface area contributed by atoms with Crippen molar-refractivity contribution in [3.8, 4) is 0 Å². The lowest BCUT2D eigenvalue weighted by molar-refractivity contribution is 0.823. The molecule has 8 N–H and O–H groups in total. The third-order valence-electron chi connectivity index (χ3n) is 0.167. The van der Waals surface area contributed by atoms with E-state index in [2.05, 4.69) is 0 Å². The molecule has 0 rings (SSSR count). The minimum absolute atomic E-state index is 0. The second kappa shape index (κ2) is 21.1. The molecule has 0 radical (unpaired) electrons. The summed E-state index contributed by atoms with van der Waals surface area (Å²) in [5.41, 5.74) is 9.81. The Morgan fingerprint density at radius 3 is 1.00 bits per heavy atom. The maximum absolute atomic E-state index is 4.90. The molecule has 0 aromatic rings. The molecule has 0 atom stereocenters. The van der Waals surface area contributed by atoms with Gasteiger partial charge in [-0.05, 0) is 0 Å². The quantitative estimate of drug-likeness (QED) is 0.368. The van der Waals surface area contributed by atoms with Crippen LogP contribution in [0.2, 0.25) is 0 Å². The number of rotatable bonds is 1. The zero-order valence-electron chi connectivity index (χ0n) is 3.57. The fraction of sp³-hybridized carbons (Fsp3) is 1.00. The van der Waals surface area contributed by atoms with Crippen LogP contribution in [-0.2, 0) is 0 Å². The normalized spacial score (nSPS) is 5.00. The summed E-state index contributed by atoms with van der Waals surface area (Å²) in [7, 11) is 0. The van der Waals surface area contributed by atoms with E-state index < -0.39 is 0 Å². The lowest BCUT2D eigenvalue weighted by Crippen LogP contribution is -2.11. The first-order chi connectivity index (χ1) is 1.91. The maximum atomic E-state index is 4.90. The van der Waals surface area contributed by atoms with Gasteiger partial charge in [-0.15, -0.1) is 0 Å². The fourth-order valence-corrected chi connectivity index (χ4v) is 0. The van der Waals surface area contributed by atoms with Gasteiger partial charge in [-0.25, -0.2) is 0 Å². The van der Waals surface area contributed by atoms with Crippen molar-refractivity contribution in [3.05, 3.63) is 0 Å². The first kappa shape index (κ1) is 17.0. The Kier molecular flexibility index (Phi) is 59.6. The smallest absolute Gasteiger partial charge is 0.00461 e. The van der Waals surface area contributed by atoms with Gasteiger partial charge < -0.3 is 22.4 Å². The standard InChI is InChI=1S/C2H8N2.2H2O/c3-1-2-4;;/h1-4H2;2*1H2. The molecule has 0 saturated heterocycles. The molecule has 0 aromatic carbocycles. The Morgan fingerprint density at radius 2 is 1.00 bits per heavy atom. The van der Waals surface area contributed by atoms with E-state index in [9.17, 15) is 0 Å². The molecule has 4 heteroatoms. The molecule has 0 heterocycles. The molecule has 0 unspecified atom stereocenters. The van der Waals surface area contributed by atoms with Crippen molar-refractivity contribution in [1.29, 1.82) is 0 Å². The molecule has 0 bridgehead atoms. The van der Waals surface area contributed by atoms with Gasteiger partial charge in [-0.1, -0.05) is 0 Å². The van der Waals surface area contributed by atoms with Gasteiger partial charge in [0, 0.05) is 13.1 Å². The van der Waals surface area contributed by atoms with E-state index in [0.717, 1.165) is 0 Å². The van der Waals surface area contributed by atoms with E-state index in [1.165, 1.54) is 0 Å². The van der Waals surface area contributed by atoms with Crippen LogP contribution in [0.1, 0.15) is 0 Å². The van der Waals surface area contributed by atoms with Crippen LogP contribution in [0.5, 0.6) is 0 Å². The summed E-state index contributed by atoms with van der Waals surface area (Å²) >= 11 is 0. The van der Waals surface area contributed by atoms with Gasteiger partial charge in [0.1, 0.15) is 0 Å². The van der Waals surface area contributed by atoms with E-state index in [0.29, 0.717) is 13.1 Å². The highest BCUT2D eigenvalue weighted by Gasteiger charge is 1.54. The van der Waals surface area contributed by atoms with Crippen molar-refractivity contribution in [2.24, 2.45) is 11.5 Å². The average molecular weight is 96.1 g/mol. The van der Waals surface area contributed by atoms with Crippen LogP contribution >= 0.6 is 0 Å². The first-order valence-corrected chi connectivity index (χ1v) is 1.32. The summed E-state index contributed by atoms with van der Waals surface area (Å²) in [6, 6.07) is 0. The molecule has 0 amide bonds. The van der Waals surface area contributed by atoms with Gasteiger partial charge >= 0.3 is 0 Å². The Morgan fingerprint density at radius 1 is 0.833 bits per heavy atom. The molecular formula is C2H12N2O2. The molecule has 0 saturated carbocycles. The summed E-state index contributed by atoms with van der Waals surface area (Å²) in [4.78, 5) is 0. The predicted octanol–water partition coefficient (Wildman–Crippen LogP) is -2.75. The highest BCUT2D eigenvalue weighted by atomic mass is 16.0. The summed E-state index contributed by atoms with van der Waals surface area (Å²) in [5, 5.41) is 0. The molecule has 42 valence electrons. The minimum Gasteiger partial charge on any atom is -0.412 e. The van der Waals surface area contributed by atoms with Crippen LogP contribution in [0, 0.1) is 0 Å². The SMILES string of the molecule is NCCN.O.O. The van der Waals surface area contributed by atoms with Crippen molar-refractivity contribution < 1.29 is 11.0 Å².